The minimum absolute atomic E-state index is 0.0846. The van der Waals surface area contributed by atoms with Gasteiger partial charge in [-0.3, -0.25) is 10.2 Å². The van der Waals surface area contributed by atoms with E-state index in [1.807, 2.05) is 29.3 Å². The van der Waals surface area contributed by atoms with Crippen LogP contribution in [0, 0.1) is 0 Å². The molecule has 2 rings (SSSR count). The van der Waals surface area contributed by atoms with Gasteiger partial charge in [0, 0.05) is 38.3 Å². The lowest BCUT2D eigenvalue weighted by atomic mass is 10.1. The number of amides is 1. The Kier molecular flexibility index (Phi) is 4.76. The van der Waals surface area contributed by atoms with E-state index in [1.165, 1.54) is 0 Å². The van der Waals surface area contributed by atoms with Crippen molar-refractivity contribution in [3.05, 3.63) is 29.8 Å². The number of nitrogens with one attached hydrogen (secondary N) is 1. The largest absolute Gasteiger partial charge is 0.399 e. The molecule has 1 aromatic rings. The topological polar surface area (TPSA) is 61.6 Å². The van der Waals surface area contributed by atoms with E-state index < -0.39 is 0 Å². The second-order valence-electron chi connectivity index (χ2n) is 5.07. The summed E-state index contributed by atoms with van der Waals surface area (Å²) in [7, 11) is 2.10. The van der Waals surface area contributed by atoms with Gasteiger partial charge in [0.05, 0.1) is 0 Å². The third-order valence-electron chi connectivity index (χ3n) is 3.41. The van der Waals surface area contributed by atoms with Crippen LogP contribution in [0.5, 0.6) is 0 Å². The lowest BCUT2D eigenvalue weighted by molar-refractivity contribution is -0.126. The van der Waals surface area contributed by atoms with E-state index in [1.54, 1.807) is 0 Å². The number of rotatable bonds is 4. The van der Waals surface area contributed by atoms with Crippen LogP contribution in [0.1, 0.15) is 12.0 Å². The fourth-order valence-electron chi connectivity index (χ4n) is 2.09. The number of carbonyl (C=O) groups excluding carboxylic acids is 1. The summed E-state index contributed by atoms with van der Waals surface area (Å²) < 4.78 is 0. The Morgan fingerprint density at radius 3 is 2.47 bits per heavy atom. The highest BCUT2D eigenvalue weighted by Crippen LogP contribution is 2.07. The van der Waals surface area contributed by atoms with Crippen molar-refractivity contribution >= 4 is 11.6 Å². The standard InChI is InChI=1S/C14H22N4O/c1-17-8-10-18(11-9-17)16-14(19)7-4-12-2-5-13(15)6-3-12/h2-3,5-6H,4,7-11,15H2,1H3,(H,16,19). The van der Waals surface area contributed by atoms with Crippen LogP contribution in [0.4, 0.5) is 5.69 Å². The molecule has 1 aliphatic rings. The van der Waals surface area contributed by atoms with Crippen LogP contribution in [-0.2, 0) is 11.2 Å². The third kappa shape index (κ3) is 4.54. The zero-order valence-corrected chi connectivity index (χ0v) is 11.4. The minimum Gasteiger partial charge on any atom is -0.399 e. The summed E-state index contributed by atoms with van der Waals surface area (Å²) in [5.74, 6) is 0.0846. The molecule has 1 heterocycles. The highest BCUT2D eigenvalue weighted by molar-refractivity contribution is 5.75. The van der Waals surface area contributed by atoms with Crippen molar-refractivity contribution in [3.8, 4) is 0 Å². The van der Waals surface area contributed by atoms with Gasteiger partial charge >= 0.3 is 0 Å². The molecule has 1 amide bonds. The van der Waals surface area contributed by atoms with E-state index in [2.05, 4.69) is 17.4 Å². The molecule has 0 bridgehead atoms. The number of anilines is 1. The number of nitrogens with zero attached hydrogens (tertiary/aromatic N) is 2. The van der Waals surface area contributed by atoms with Gasteiger partial charge in [0.2, 0.25) is 5.91 Å². The molecule has 5 nitrogen and oxygen atoms in total. The first-order valence-corrected chi connectivity index (χ1v) is 6.71. The SMILES string of the molecule is CN1CCN(NC(=O)CCc2ccc(N)cc2)CC1. The van der Waals surface area contributed by atoms with Crippen molar-refractivity contribution in [2.45, 2.75) is 12.8 Å². The van der Waals surface area contributed by atoms with E-state index in [4.69, 9.17) is 5.73 Å². The van der Waals surface area contributed by atoms with Gasteiger partial charge in [-0.15, -0.1) is 0 Å². The molecular weight excluding hydrogens is 240 g/mol. The minimum atomic E-state index is 0.0846. The van der Waals surface area contributed by atoms with Crippen LogP contribution in [0.15, 0.2) is 24.3 Å². The Morgan fingerprint density at radius 2 is 1.84 bits per heavy atom. The molecular formula is C14H22N4O. The quantitative estimate of drug-likeness (QED) is 0.775. The third-order valence-corrected chi connectivity index (χ3v) is 3.41. The fraction of sp³-hybridized carbons (Fsp3) is 0.500. The first-order chi connectivity index (χ1) is 9.13. The second kappa shape index (κ2) is 6.54. The predicted molar refractivity (Wildman–Crippen MR) is 76.4 cm³/mol. The first-order valence-electron chi connectivity index (χ1n) is 6.71. The molecule has 3 N–H and O–H groups in total. The van der Waals surface area contributed by atoms with Crippen LogP contribution in [0.2, 0.25) is 0 Å². The predicted octanol–water partition coefficient (Wildman–Crippen LogP) is 0.480. The Bertz CT molecular complexity index is 410. The smallest absolute Gasteiger partial charge is 0.234 e. The van der Waals surface area contributed by atoms with Gasteiger partial charge < -0.3 is 10.6 Å². The van der Waals surface area contributed by atoms with Crippen molar-refractivity contribution in [1.82, 2.24) is 15.3 Å². The van der Waals surface area contributed by atoms with E-state index in [-0.39, 0.29) is 5.91 Å². The van der Waals surface area contributed by atoms with Gasteiger partial charge in [-0.2, -0.15) is 0 Å². The Hall–Kier alpha value is -1.59. The van der Waals surface area contributed by atoms with Crippen LogP contribution in [-0.4, -0.2) is 49.0 Å². The summed E-state index contributed by atoms with van der Waals surface area (Å²) in [5.41, 5.74) is 10.5. The lowest BCUT2D eigenvalue weighted by Gasteiger charge is -2.32. The molecule has 0 unspecified atom stereocenters. The summed E-state index contributed by atoms with van der Waals surface area (Å²) >= 11 is 0. The zero-order valence-electron chi connectivity index (χ0n) is 11.4. The number of hydrogen-bond acceptors (Lipinski definition) is 4. The van der Waals surface area contributed by atoms with Crippen LogP contribution in [0.25, 0.3) is 0 Å². The lowest BCUT2D eigenvalue weighted by Crippen LogP contribution is -2.52. The van der Waals surface area contributed by atoms with Crippen molar-refractivity contribution < 1.29 is 4.79 Å². The first kappa shape index (κ1) is 13.8. The molecule has 0 aromatic heterocycles. The normalized spacial score (nSPS) is 17.3. The molecule has 0 atom stereocenters. The molecule has 104 valence electrons. The summed E-state index contributed by atoms with van der Waals surface area (Å²) in [5, 5.41) is 2.01. The molecule has 0 saturated carbocycles. The highest BCUT2D eigenvalue weighted by Gasteiger charge is 2.15. The monoisotopic (exact) mass is 262 g/mol. The number of aryl methyl sites for hydroxylation is 1. The molecule has 0 radical (unpaired) electrons. The molecule has 19 heavy (non-hydrogen) atoms. The van der Waals surface area contributed by atoms with Crippen LogP contribution < -0.4 is 11.2 Å². The Morgan fingerprint density at radius 1 is 1.21 bits per heavy atom. The van der Waals surface area contributed by atoms with Crippen molar-refractivity contribution in [3.63, 3.8) is 0 Å². The van der Waals surface area contributed by atoms with Gasteiger partial charge in [-0.05, 0) is 31.2 Å². The Labute approximate surface area is 114 Å². The molecule has 1 aromatic carbocycles. The fourth-order valence-corrected chi connectivity index (χ4v) is 2.09. The van der Waals surface area contributed by atoms with Gasteiger partial charge in [-0.1, -0.05) is 12.1 Å². The van der Waals surface area contributed by atoms with Gasteiger partial charge in [0.1, 0.15) is 0 Å². The molecule has 0 aliphatic carbocycles. The highest BCUT2D eigenvalue weighted by atomic mass is 16.2. The van der Waals surface area contributed by atoms with Gasteiger partial charge in [0.15, 0.2) is 0 Å². The number of hydrogen-bond donors (Lipinski definition) is 2. The number of piperazine rings is 1. The van der Waals surface area contributed by atoms with Crippen molar-refractivity contribution in [2.24, 2.45) is 0 Å². The number of nitrogen functional groups attached to an aromatic ring is 1. The van der Waals surface area contributed by atoms with E-state index >= 15 is 0 Å². The van der Waals surface area contributed by atoms with Crippen molar-refractivity contribution in [2.75, 3.05) is 39.0 Å². The van der Waals surface area contributed by atoms with E-state index in [0.717, 1.165) is 43.9 Å². The number of hydrazine groups is 1. The van der Waals surface area contributed by atoms with Crippen LogP contribution in [0.3, 0.4) is 0 Å². The number of likely N-dealkylation sites (N-methyl/N-ethyl adjacent to an activating group) is 1. The Balaban J connectivity index is 1.71. The van der Waals surface area contributed by atoms with Gasteiger partial charge in [0.25, 0.3) is 0 Å². The molecule has 1 saturated heterocycles. The molecule has 0 spiro atoms. The van der Waals surface area contributed by atoms with Crippen molar-refractivity contribution in [1.29, 1.82) is 0 Å². The summed E-state index contributed by atoms with van der Waals surface area (Å²) in [4.78, 5) is 14.1. The average Bonchev–Trinajstić information content (AvgIpc) is 2.41. The maximum atomic E-state index is 11.8. The average molecular weight is 262 g/mol. The summed E-state index contributed by atoms with van der Waals surface area (Å²) in [6.07, 6.45) is 1.26. The summed E-state index contributed by atoms with van der Waals surface area (Å²) in [6, 6.07) is 7.68. The van der Waals surface area contributed by atoms with Crippen LogP contribution >= 0.6 is 0 Å². The number of carbonyl (C=O) groups is 1. The molecule has 1 aliphatic heterocycles. The molecule has 5 heteroatoms. The van der Waals surface area contributed by atoms with E-state index in [9.17, 15) is 4.79 Å². The van der Waals surface area contributed by atoms with Gasteiger partial charge in [-0.25, -0.2) is 5.01 Å². The van der Waals surface area contributed by atoms with E-state index in [0.29, 0.717) is 6.42 Å². The maximum absolute atomic E-state index is 11.8. The molecule has 1 fully saturated rings. The maximum Gasteiger partial charge on any atom is 0.234 e. The number of nitrogens with two attached hydrogens (primary N) is 1. The zero-order chi connectivity index (χ0) is 13.7. The second-order valence-corrected chi connectivity index (χ2v) is 5.07. The summed E-state index contributed by atoms with van der Waals surface area (Å²) in [6.45, 7) is 3.78. The number of benzene rings is 1.